The van der Waals surface area contributed by atoms with Gasteiger partial charge in [-0.1, -0.05) is 30.3 Å². The summed E-state index contributed by atoms with van der Waals surface area (Å²) in [7, 11) is 1.33. The van der Waals surface area contributed by atoms with Crippen LogP contribution in [0.15, 0.2) is 30.3 Å². The zero-order valence-electron chi connectivity index (χ0n) is 12.0. The number of ether oxygens (including phenoxy) is 1. The molecule has 3 atom stereocenters. The highest BCUT2D eigenvalue weighted by Gasteiger charge is 2.31. The molecule has 1 amide bonds. The average molecular weight is 278 g/mol. The van der Waals surface area contributed by atoms with E-state index in [-0.39, 0.29) is 12.1 Å². The maximum atomic E-state index is 11.2. The Hall–Kier alpha value is -1.59. The number of carbonyl (C=O) groups excluding carboxylic acids is 1. The van der Waals surface area contributed by atoms with E-state index in [9.17, 15) is 9.90 Å². The number of piperidine rings is 1. The van der Waals surface area contributed by atoms with Crippen molar-refractivity contribution < 1.29 is 14.6 Å². The maximum absolute atomic E-state index is 11.2. The molecule has 0 aliphatic carbocycles. The van der Waals surface area contributed by atoms with Crippen LogP contribution in [0.5, 0.6) is 0 Å². The van der Waals surface area contributed by atoms with Gasteiger partial charge in [-0.05, 0) is 18.9 Å². The van der Waals surface area contributed by atoms with E-state index in [4.69, 9.17) is 0 Å². The molecule has 1 aromatic rings. The molecule has 2 N–H and O–H groups in total. The van der Waals surface area contributed by atoms with Crippen LogP contribution in [0.1, 0.15) is 24.9 Å². The number of amides is 1. The summed E-state index contributed by atoms with van der Waals surface area (Å²) < 4.78 is 4.57. The first-order valence-corrected chi connectivity index (χ1v) is 6.93. The summed E-state index contributed by atoms with van der Waals surface area (Å²) in [6.45, 7) is 3.52. The molecule has 1 unspecified atom stereocenters. The number of likely N-dealkylation sites (tertiary alicyclic amines) is 1. The predicted molar refractivity (Wildman–Crippen MR) is 76.4 cm³/mol. The molecule has 0 radical (unpaired) electrons. The average Bonchev–Trinajstić information content (AvgIpc) is 2.49. The molecule has 110 valence electrons. The van der Waals surface area contributed by atoms with Crippen LogP contribution in [-0.2, 0) is 4.74 Å². The van der Waals surface area contributed by atoms with Gasteiger partial charge in [-0.15, -0.1) is 0 Å². The van der Waals surface area contributed by atoms with E-state index >= 15 is 0 Å². The molecule has 5 heteroatoms. The topological polar surface area (TPSA) is 61.8 Å². The first kappa shape index (κ1) is 14.8. The van der Waals surface area contributed by atoms with Gasteiger partial charge in [0, 0.05) is 19.1 Å². The van der Waals surface area contributed by atoms with Crippen molar-refractivity contribution in [2.75, 3.05) is 20.2 Å². The Morgan fingerprint density at radius 1 is 1.45 bits per heavy atom. The molecule has 1 aliphatic rings. The van der Waals surface area contributed by atoms with Crippen LogP contribution in [0.3, 0.4) is 0 Å². The number of alkyl carbamates (subject to hydrolysis) is 1. The van der Waals surface area contributed by atoms with Crippen LogP contribution in [0.4, 0.5) is 4.79 Å². The summed E-state index contributed by atoms with van der Waals surface area (Å²) in [5.41, 5.74) is 1.24. The lowest BCUT2D eigenvalue weighted by Gasteiger charge is -2.39. The number of hydrogen-bond acceptors (Lipinski definition) is 4. The highest BCUT2D eigenvalue weighted by Crippen LogP contribution is 2.24. The number of aliphatic hydroxyl groups is 1. The molecule has 0 aromatic heterocycles. The summed E-state index contributed by atoms with van der Waals surface area (Å²) >= 11 is 0. The highest BCUT2D eigenvalue weighted by molar-refractivity contribution is 5.67. The van der Waals surface area contributed by atoms with Gasteiger partial charge >= 0.3 is 6.09 Å². The van der Waals surface area contributed by atoms with Gasteiger partial charge in [0.1, 0.15) is 0 Å². The van der Waals surface area contributed by atoms with Crippen molar-refractivity contribution in [3.63, 3.8) is 0 Å². The number of nitrogens with zero attached hydrogens (tertiary/aromatic N) is 1. The Bertz CT molecular complexity index is 438. The second-order valence-electron chi connectivity index (χ2n) is 5.18. The Morgan fingerprint density at radius 2 is 2.15 bits per heavy atom. The predicted octanol–water partition coefficient (Wildman–Crippen LogP) is 1.54. The minimum atomic E-state index is -0.575. The summed E-state index contributed by atoms with van der Waals surface area (Å²) in [6, 6.07) is 10.2. The van der Waals surface area contributed by atoms with E-state index in [1.54, 1.807) is 0 Å². The zero-order valence-corrected chi connectivity index (χ0v) is 12.0. The van der Waals surface area contributed by atoms with Crippen LogP contribution in [0.2, 0.25) is 0 Å². The van der Waals surface area contributed by atoms with E-state index < -0.39 is 12.2 Å². The van der Waals surface area contributed by atoms with Crippen LogP contribution in [0, 0.1) is 0 Å². The van der Waals surface area contributed by atoms with Crippen molar-refractivity contribution in [2.24, 2.45) is 0 Å². The van der Waals surface area contributed by atoms with Gasteiger partial charge in [-0.3, -0.25) is 4.90 Å². The third kappa shape index (κ3) is 3.49. The van der Waals surface area contributed by atoms with Crippen molar-refractivity contribution in [3.05, 3.63) is 35.9 Å². The molecule has 1 saturated heterocycles. The molecule has 20 heavy (non-hydrogen) atoms. The summed E-state index contributed by atoms with van der Waals surface area (Å²) in [6.07, 6.45) is -0.347. The van der Waals surface area contributed by atoms with Crippen molar-refractivity contribution in [1.82, 2.24) is 10.2 Å². The first-order valence-electron chi connectivity index (χ1n) is 6.93. The number of aliphatic hydroxyl groups excluding tert-OH is 1. The number of benzene rings is 1. The SMILES string of the molecule is COC(=O)N[C@H]1CCN(C(C)c2ccccc2)C[C@@H]1O. The van der Waals surface area contributed by atoms with Gasteiger partial charge < -0.3 is 15.2 Å². The Morgan fingerprint density at radius 3 is 2.75 bits per heavy atom. The fourth-order valence-electron chi connectivity index (χ4n) is 2.63. The highest BCUT2D eigenvalue weighted by atomic mass is 16.5. The third-order valence-electron chi connectivity index (χ3n) is 3.93. The van der Waals surface area contributed by atoms with Crippen LogP contribution in [0.25, 0.3) is 0 Å². The van der Waals surface area contributed by atoms with Gasteiger partial charge in [0.2, 0.25) is 0 Å². The van der Waals surface area contributed by atoms with Crippen LogP contribution < -0.4 is 5.32 Å². The fourth-order valence-corrected chi connectivity index (χ4v) is 2.63. The standard InChI is InChI=1S/C15H22N2O3/c1-11(12-6-4-3-5-7-12)17-9-8-13(14(18)10-17)16-15(19)20-2/h3-7,11,13-14,18H,8-10H2,1-2H3,(H,16,19)/t11?,13-,14-/m0/s1. The van der Waals surface area contributed by atoms with Crippen molar-refractivity contribution in [2.45, 2.75) is 31.5 Å². The number of rotatable bonds is 3. The number of hydrogen-bond donors (Lipinski definition) is 2. The number of nitrogens with one attached hydrogen (secondary N) is 1. The largest absolute Gasteiger partial charge is 0.453 e. The van der Waals surface area contributed by atoms with E-state index in [0.29, 0.717) is 13.0 Å². The second-order valence-corrected chi connectivity index (χ2v) is 5.18. The van der Waals surface area contributed by atoms with Crippen molar-refractivity contribution in [1.29, 1.82) is 0 Å². The van der Waals surface area contributed by atoms with Crippen LogP contribution >= 0.6 is 0 Å². The molecule has 0 spiro atoms. The van der Waals surface area contributed by atoms with E-state index in [0.717, 1.165) is 6.54 Å². The summed E-state index contributed by atoms with van der Waals surface area (Å²) in [5, 5.41) is 12.8. The third-order valence-corrected chi connectivity index (χ3v) is 3.93. The molecule has 5 nitrogen and oxygen atoms in total. The van der Waals surface area contributed by atoms with E-state index in [1.807, 2.05) is 18.2 Å². The zero-order chi connectivity index (χ0) is 14.5. The molecule has 1 aromatic carbocycles. The number of carbonyl (C=O) groups is 1. The van der Waals surface area contributed by atoms with Crippen LogP contribution in [-0.4, -0.2) is 48.4 Å². The lowest BCUT2D eigenvalue weighted by molar-refractivity contribution is 0.0232. The number of β-amino-alcohol motifs (C(OH)–C–C–N with tert-alkyl or cyclic N) is 1. The molecule has 1 fully saturated rings. The van der Waals surface area contributed by atoms with E-state index in [1.165, 1.54) is 12.7 Å². The molecule has 0 saturated carbocycles. The summed E-state index contributed by atoms with van der Waals surface area (Å²) in [4.78, 5) is 13.4. The maximum Gasteiger partial charge on any atom is 0.407 e. The Kier molecular flexibility index (Phi) is 4.98. The Balaban J connectivity index is 1.93. The molecule has 1 heterocycles. The summed E-state index contributed by atoms with van der Waals surface area (Å²) in [5.74, 6) is 0. The lowest BCUT2D eigenvalue weighted by Crippen LogP contribution is -2.54. The number of methoxy groups -OCH3 is 1. The normalized spacial score (nSPS) is 24.9. The van der Waals surface area contributed by atoms with Gasteiger partial charge in [0.05, 0.1) is 19.3 Å². The van der Waals surface area contributed by atoms with E-state index in [2.05, 4.69) is 34.0 Å². The van der Waals surface area contributed by atoms with Gasteiger partial charge in [-0.2, -0.15) is 0 Å². The monoisotopic (exact) mass is 278 g/mol. The molecule has 1 aliphatic heterocycles. The first-order chi connectivity index (χ1) is 9.61. The smallest absolute Gasteiger partial charge is 0.407 e. The Labute approximate surface area is 119 Å². The molecule has 2 rings (SSSR count). The van der Waals surface area contributed by atoms with Gasteiger partial charge in [-0.25, -0.2) is 4.79 Å². The second kappa shape index (κ2) is 6.72. The molecular weight excluding hydrogens is 256 g/mol. The van der Waals surface area contributed by atoms with Gasteiger partial charge in [0.25, 0.3) is 0 Å². The lowest BCUT2D eigenvalue weighted by atomic mass is 9.98. The fraction of sp³-hybridized carbons (Fsp3) is 0.533. The van der Waals surface area contributed by atoms with Crippen molar-refractivity contribution >= 4 is 6.09 Å². The quantitative estimate of drug-likeness (QED) is 0.880. The molecular formula is C15H22N2O3. The van der Waals surface area contributed by atoms with Crippen molar-refractivity contribution in [3.8, 4) is 0 Å². The minimum absolute atomic E-state index is 0.235. The van der Waals surface area contributed by atoms with Gasteiger partial charge in [0.15, 0.2) is 0 Å². The minimum Gasteiger partial charge on any atom is -0.453 e. The molecule has 0 bridgehead atoms.